The Kier molecular flexibility index (Phi) is 4.99. The fraction of sp³-hybridized carbons (Fsp3) is 0.706. The van der Waals surface area contributed by atoms with Crippen molar-refractivity contribution in [1.82, 2.24) is 23.6 Å². The van der Waals surface area contributed by atoms with Crippen LogP contribution in [0.2, 0.25) is 0 Å². The van der Waals surface area contributed by atoms with Gasteiger partial charge in [-0.1, -0.05) is 6.42 Å². The van der Waals surface area contributed by atoms with Gasteiger partial charge in [0.05, 0.1) is 0 Å². The van der Waals surface area contributed by atoms with Crippen molar-refractivity contribution in [2.45, 2.75) is 51.7 Å². The number of hydrogen-bond acceptors (Lipinski definition) is 5. The molecule has 1 N–H and O–H groups in total. The molecule has 2 aromatic rings. The highest BCUT2D eigenvalue weighted by atomic mass is 16.2. The summed E-state index contributed by atoms with van der Waals surface area (Å²) in [7, 11) is 5.82. The molecule has 1 aliphatic heterocycles. The van der Waals surface area contributed by atoms with E-state index in [2.05, 4.69) is 36.2 Å². The lowest BCUT2D eigenvalue weighted by Crippen LogP contribution is -2.40. The lowest BCUT2D eigenvalue weighted by molar-refractivity contribution is 0.290. The van der Waals surface area contributed by atoms with Crippen LogP contribution in [0, 0.1) is 0 Å². The zero-order valence-electron chi connectivity index (χ0n) is 15.6. The van der Waals surface area contributed by atoms with E-state index < -0.39 is 0 Å². The van der Waals surface area contributed by atoms with E-state index in [0.29, 0.717) is 29.7 Å². The summed E-state index contributed by atoms with van der Waals surface area (Å²) in [6.45, 7) is 4.24. The number of fused-ring (bicyclic) bond motifs is 3. The molecular weight excluding hydrogens is 320 g/mol. The van der Waals surface area contributed by atoms with Gasteiger partial charge in [-0.15, -0.1) is 0 Å². The van der Waals surface area contributed by atoms with Crippen molar-refractivity contribution in [2.75, 3.05) is 26.0 Å². The summed E-state index contributed by atoms with van der Waals surface area (Å²) in [6, 6.07) is 0.495. The summed E-state index contributed by atoms with van der Waals surface area (Å²) >= 11 is 0. The van der Waals surface area contributed by atoms with Gasteiger partial charge < -0.3 is 14.8 Å². The summed E-state index contributed by atoms with van der Waals surface area (Å²) in [6.07, 6.45) is 3.80. The third-order valence-electron chi connectivity index (χ3n) is 5.21. The molecule has 0 aliphatic carbocycles. The smallest absolute Gasteiger partial charge is 0.332 e. The molecule has 0 aromatic carbocycles. The third-order valence-corrected chi connectivity index (χ3v) is 5.21. The van der Waals surface area contributed by atoms with Crippen LogP contribution in [0.4, 0.5) is 5.95 Å². The van der Waals surface area contributed by atoms with Gasteiger partial charge in [-0.25, -0.2) is 4.79 Å². The predicted octanol–water partition coefficient (Wildman–Crippen LogP) is 0.833. The summed E-state index contributed by atoms with van der Waals surface area (Å²) in [5, 5.41) is 3.20. The van der Waals surface area contributed by atoms with Gasteiger partial charge in [0.25, 0.3) is 5.56 Å². The van der Waals surface area contributed by atoms with Crippen LogP contribution in [0.15, 0.2) is 9.59 Å². The molecule has 3 rings (SSSR count). The van der Waals surface area contributed by atoms with Gasteiger partial charge >= 0.3 is 5.69 Å². The number of nitrogens with zero attached hydrogens (tertiary/aromatic N) is 5. The summed E-state index contributed by atoms with van der Waals surface area (Å²) in [5.41, 5.74) is 0.498. The molecule has 8 heteroatoms. The molecule has 0 saturated heterocycles. The van der Waals surface area contributed by atoms with Crippen LogP contribution in [0.5, 0.6) is 0 Å². The first-order valence-corrected chi connectivity index (χ1v) is 9.02. The summed E-state index contributed by atoms with van der Waals surface area (Å²) < 4.78 is 4.77. The summed E-state index contributed by atoms with van der Waals surface area (Å²) in [5.74, 6) is 0.686. The van der Waals surface area contributed by atoms with Crippen LogP contribution < -0.4 is 16.6 Å². The van der Waals surface area contributed by atoms with Crippen molar-refractivity contribution in [3.63, 3.8) is 0 Å². The molecule has 0 radical (unpaired) electrons. The van der Waals surface area contributed by atoms with Gasteiger partial charge in [0.2, 0.25) is 5.95 Å². The quantitative estimate of drug-likeness (QED) is 0.783. The van der Waals surface area contributed by atoms with Crippen LogP contribution in [0.25, 0.3) is 11.2 Å². The molecule has 138 valence electrons. The van der Waals surface area contributed by atoms with Crippen molar-refractivity contribution >= 4 is 17.1 Å². The molecule has 3 heterocycles. The molecule has 25 heavy (non-hydrogen) atoms. The highest BCUT2D eigenvalue weighted by Crippen LogP contribution is 2.19. The first-order chi connectivity index (χ1) is 11.9. The lowest BCUT2D eigenvalue weighted by atomic mass is 10.1. The van der Waals surface area contributed by atoms with Crippen molar-refractivity contribution < 1.29 is 0 Å². The Balaban J connectivity index is 1.88. The Morgan fingerprint density at radius 3 is 2.76 bits per heavy atom. The second-order valence-corrected chi connectivity index (χ2v) is 7.15. The minimum atomic E-state index is -0.284. The number of aryl methyl sites for hydroxylation is 2. The highest BCUT2D eigenvalue weighted by molar-refractivity contribution is 5.74. The van der Waals surface area contributed by atoms with E-state index in [0.717, 1.165) is 38.8 Å². The fourth-order valence-electron chi connectivity index (χ4n) is 3.33. The van der Waals surface area contributed by atoms with Crippen molar-refractivity contribution in [2.24, 2.45) is 7.05 Å². The van der Waals surface area contributed by atoms with E-state index in [1.807, 2.05) is 4.57 Å². The number of imidazole rings is 1. The topological polar surface area (TPSA) is 77.1 Å². The van der Waals surface area contributed by atoms with E-state index in [-0.39, 0.29) is 11.2 Å². The van der Waals surface area contributed by atoms with Crippen LogP contribution >= 0.6 is 0 Å². The fourth-order valence-corrected chi connectivity index (χ4v) is 3.33. The Hall–Kier alpha value is -2.09. The van der Waals surface area contributed by atoms with Gasteiger partial charge in [0, 0.05) is 32.7 Å². The number of unbranched alkanes of at least 4 members (excludes halogenated alkanes) is 1. The van der Waals surface area contributed by atoms with Crippen LogP contribution in [0.3, 0.4) is 0 Å². The van der Waals surface area contributed by atoms with Crippen LogP contribution in [-0.2, 0) is 20.1 Å². The number of hydrogen-bond donors (Lipinski definition) is 1. The minimum Gasteiger partial charge on any atom is -0.356 e. The average molecular weight is 348 g/mol. The molecule has 0 amide bonds. The standard InChI is InChI=1S/C17H28N6O2/c1-12(20(2)3)8-5-6-10-23-15(24)13-14(21(4)17(23)25)19-16-18-9-7-11-22(13)16/h12H,5-11H2,1-4H3,(H,18,19). The average Bonchev–Trinajstić information content (AvgIpc) is 2.98. The second kappa shape index (κ2) is 7.03. The molecular formula is C17H28N6O2. The van der Waals surface area contributed by atoms with Gasteiger partial charge in [0.15, 0.2) is 11.2 Å². The number of rotatable bonds is 6. The SMILES string of the molecule is CC(CCCCn1c(=O)c2c(nc3n2CCCN3)n(C)c1=O)N(C)C. The molecule has 0 fully saturated rings. The molecule has 0 bridgehead atoms. The maximum absolute atomic E-state index is 12.9. The summed E-state index contributed by atoms with van der Waals surface area (Å²) in [4.78, 5) is 32.2. The molecule has 8 nitrogen and oxygen atoms in total. The van der Waals surface area contributed by atoms with Crippen molar-refractivity contribution in [3.8, 4) is 0 Å². The maximum atomic E-state index is 12.9. The number of anilines is 1. The highest BCUT2D eigenvalue weighted by Gasteiger charge is 2.21. The monoisotopic (exact) mass is 348 g/mol. The Labute approximate surface area is 147 Å². The largest absolute Gasteiger partial charge is 0.356 e. The van der Waals surface area contributed by atoms with E-state index in [9.17, 15) is 9.59 Å². The zero-order valence-corrected chi connectivity index (χ0v) is 15.6. The molecule has 1 unspecified atom stereocenters. The van der Waals surface area contributed by atoms with E-state index in [1.54, 1.807) is 7.05 Å². The molecule has 1 atom stereocenters. The lowest BCUT2D eigenvalue weighted by Gasteiger charge is -2.19. The zero-order chi connectivity index (χ0) is 18.1. The molecule has 2 aromatic heterocycles. The third kappa shape index (κ3) is 3.22. The number of nitrogens with one attached hydrogen (secondary N) is 1. The predicted molar refractivity (Wildman–Crippen MR) is 99.3 cm³/mol. The van der Waals surface area contributed by atoms with E-state index in [1.165, 1.54) is 9.13 Å². The Bertz CT molecular complexity index is 876. The van der Waals surface area contributed by atoms with Gasteiger partial charge in [-0.2, -0.15) is 4.98 Å². The van der Waals surface area contributed by atoms with E-state index in [4.69, 9.17) is 0 Å². The minimum absolute atomic E-state index is 0.221. The molecule has 0 saturated carbocycles. The first-order valence-electron chi connectivity index (χ1n) is 9.02. The van der Waals surface area contributed by atoms with Crippen LogP contribution in [-0.4, -0.2) is 50.3 Å². The van der Waals surface area contributed by atoms with Gasteiger partial charge in [-0.05, 0) is 40.3 Å². The normalized spacial score (nSPS) is 15.4. The van der Waals surface area contributed by atoms with Gasteiger partial charge in [-0.3, -0.25) is 13.9 Å². The first kappa shape index (κ1) is 17.7. The maximum Gasteiger partial charge on any atom is 0.332 e. The second-order valence-electron chi connectivity index (χ2n) is 7.15. The van der Waals surface area contributed by atoms with Crippen molar-refractivity contribution in [1.29, 1.82) is 0 Å². The molecule has 0 spiro atoms. The molecule has 1 aliphatic rings. The van der Waals surface area contributed by atoms with E-state index >= 15 is 0 Å². The number of aromatic nitrogens is 4. The van der Waals surface area contributed by atoms with Gasteiger partial charge in [0.1, 0.15) is 0 Å². The Morgan fingerprint density at radius 2 is 2.04 bits per heavy atom. The van der Waals surface area contributed by atoms with Crippen LogP contribution in [0.1, 0.15) is 32.6 Å². The Morgan fingerprint density at radius 1 is 1.28 bits per heavy atom. The van der Waals surface area contributed by atoms with Crippen molar-refractivity contribution in [3.05, 3.63) is 20.8 Å².